The summed E-state index contributed by atoms with van der Waals surface area (Å²) in [4.78, 5) is 13.6. The number of quaternary nitrogens is 1. The largest absolute Gasteiger partial charge is 0.486 e. The van der Waals surface area contributed by atoms with Crippen molar-refractivity contribution in [3.63, 3.8) is 0 Å². The van der Waals surface area contributed by atoms with Crippen molar-refractivity contribution in [1.29, 1.82) is 0 Å². The van der Waals surface area contributed by atoms with Gasteiger partial charge in [-0.2, -0.15) is 0 Å². The topological polar surface area (TPSA) is 52.0 Å². The Hall–Kier alpha value is -2.05. The van der Waals surface area contributed by atoms with Crippen LogP contribution in [0.25, 0.3) is 0 Å². The van der Waals surface area contributed by atoms with Gasteiger partial charge < -0.3 is 19.7 Å². The van der Waals surface area contributed by atoms with Gasteiger partial charge in [-0.15, -0.1) is 0 Å². The fraction of sp³-hybridized carbons (Fsp3) is 0.316. The predicted octanol–water partition coefficient (Wildman–Crippen LogP) is 2.26. The van der Waals surface area contributed by atoms with E-state index >= 15 is 0 Å². The van der Waals surface area contributed by atoms with Gasteiger partial charge in [-0.25, -0.2) is 0 Å². The van der Waals surface area contributed by atoms with E-state index in [1.807, 2.05) is 56.4 Å². The van der Waals surface area contributed by atoms with Gasteiger partial charge in [0.15, 0.2) is 17.5 Å². The number of carbonyl (C=O) groups is 1. The van der Waals surface area contributed by atoms with Crippen LogP contribution in [-0.2, 0) is 11.3 Å². The molecular weight excluding hydrogens is 384 g/mol. The second-order valence-electron chi connectivity index (χ2n) is 6.22. The summed E-state index contributed by atoms with van der Waals surface area (Å²) >= 11 is 3.39. The molecule has 1 unspecified atom stereocenters. The normalized spacial score (nSPS) is 15.3. The van der Waals surface area contributed by atoms with Crippen LogP contribution in [0.15, 0.2) is 46.9 Å². The summed E-state index contributed by atoms with van der Waals surface area (Å²) < 4.78 is 12.2. The summed E-state index contributed by atoms with van der Waals surface area (Å²) in [7, 11) is 2.02. The van der Waals surface area contributed by atoms with Crippen molar-refractivity contribution in [2.75, 3.05) is 25.6 Å². The first-order valence-electron chi connectivity index (χ1n) is 8.30. The molecule has 1 aliphatic heterocycles. The molecule has 0 aliphatic carbocycles. The monoisotopic (exact) mass is 405 g/mol. The molecule has 132 valence electrons. The summed E-state index contributed by atoms with van der Waals surface area (Å²) in [5.74, 6) is 1.56. The standard InChI is InChI=1S/C19H21BrN2O3/c1-13(19(23)21-16-6-4-15(20)5-7-16)22(2)12-14-3-8-17-18(11-14)25-10-9-24-17/h3-8,11,13H,9-10,12H2,1-2H3,(H,21,23)/p+1/t13-/m0/s1. The molecule has 2 aromatic carbocycles. The van der Waals surface area contributed by atoms with E-state index in [4.69, 9.17) is 9.47 Å². The smallest absolute Gasteiger partial charge is 0.282 e. The van der Waals surface area contributed by atoms with Gasteiger partial charge in [-0.1, -0.05) is 15.9 Å². The Bertz CT molecular complexity index is 749. The Morgan fingerprint density at radius 1 is 1.16 bits per heavy atom. The Morgan fingerprint density at radius 3 is 2.56 bits per heavy atom. The van der Waals surface area contributed by atoms with Gasteiger partial charge in [0.25, 0.3) is 5.91 Å². The van der Waals surface area contributed by atoms with Crippen molar-refractivity contribution in [2.45, 2.75) is 19.5 Å². The number of hydrogen-bond donors (Lipinski definition) is 2. The zero-order valence-corrected chi connectivity index (χ0v) is 15.9. The minimum Gasteiger partial charge on any atom is -0.486 e. The summed E-state index contributed by atoms with van der Waals surface area (Å²) in [6.45, 7) is 3.82. The molecule has 0 saturated carbocycles. The number of amides is 1. The van der Waals surface area contributed by atoms with Crippen LogP contribution >= 0.6 is 15.9 Å². The minimum absolute atomic E-state index is 0.00244. The number of fused-ring (bicyclic) bond motifs is 1. The maximum atomic E-state index is 12.5. The van der Waals surface area contributed by atoms with Crippen molar-refractivity contribution >= 4 is 27.5 Å². The van der Waals surface area contributed by atoms with Crippen molar-refractivity contribution in [2.24, 2.45) is 0 Å². The lowest BCUT2D eigenvalue weighted by Gasteiger charge is -2.23. The van der Waals surface area contributed by atoms with E-state index in [2.05, 4.69) is 21.2 Å². The van der Waals surface area contributed by atoms with E-state index < -0.39 is 0 Å². The van der Waals surface area contributed by atoms with Crippen LogP contribution in [0.4, 0.5) is 5.69 Å². The van der Waals surface area contributed by atoms with Gasteiger partial charge in [0.1, 0.15) is 19.8 Å². The third-order valence-electron chi connectivity index (χ3n) is 4.33. The quantitative estimate of drug-likeness (QED) is 0.801. The van der Waals surface area contributed by atoms with Gasteiger partial charge in [-0.3, -0.25) is 4.79 Å². The predicted molar refractivity (Wildman–Crippen MR) is 100 cm³/mol. The van der Waals surface area contributed by atoms with Crippen molar-refractivity contribution in [3.8, 4) is 11.5 Å². The second kappa shape index (κ2) is 7.89. The number of nitrogens with one attached hydrogen (secondary N) is 2. The Labute approximate surface area is 156 Å². The minimum atomic E-state index is -0.183. The molecule has 3 rings (SSSR count). The average molecular weight is 406 g/mol. The molecule has 5 nitrogen and oxygen atoms in total. The summed E-state index contributed by atoms with van der Waals surface area (Å²) in [6, 6.07) is 13.3. The second-order valence-corrected chi connectivity index (χ2v) is 7.13. The molecule has 1 aliphatic rings. The number of carbonyl (C=O) groups excluding carboxylic acids is 1. The van der Waals surface area contributed by atoms with Crippen LogP contribution < -0.4 is 19.7 Å². The van der Waals surface area contributed by atoms with E-state index in [1.54, 1.807) is 0 Å². The molecule has 0 aromatic heterocycles. The Balaban J connectivity index is 1.60. The number of hydrogen-bond acceptors (Lipinski definition) is 3. The molecule has 1 amide bonds. The molecule has 1 heterocycles. The van der Waals surface area contributed by atoms with Crippen LogP contribution in [0.3, 0.4) is 0 Å². The highest BCUT2D eigenvalue weighted by atomic mass is 79.9. The molecule has 6 heteroatoms. The molecule has 2 N–H and O–H groups in total. The first-order valence-corrected chi connectivity index (χ1v) is 9.09. The van der Waals surface area contributed by atoms with Crippen LogP contribution in [0.1, 0.15) is 12.5 Å². The third-order valence-corrected chi connectivity index (χ3v) is 4.86. The zero-order chi connectivity index (χ0) is 17.8. The first kappa shape index (κ1) is 17.8. The van der Waals surface area contributed by atoms with Crippen molar-refractivity contribution in [3.05, 3.63) is 52.5 Å². The van der Waals surface area contributed by atoms with Gasteiger partial charge in [0.2, 0.25) is 0 Å². The lowest BCUT2D eigenvalue weighted by molar-refractivity contribution is -0.907. The highest BCUT2D eigenvalue weighted by molar-refractivity contribution is 9.10. The van der Waals surface area contributed by atoms with E-state index in [0.29, 0.717) is 13.2 Å². The van der Waals surface area contributed by atoms with E-state index in [-0.39, 0.29) is 11.9 Å². The number of likely N-dealkylation sites (N-methyl/N-ethyl adjacent to an activating group) is 1. The van der Waals surface area contributed by atoms with Crippen LogP contribution in [0.5, 0.6) is 11.5 Å². The fourth-order valence-corrected chi connectivity index (χ4v) is 2.94. The molecular formula is C19H22BrN2O3+. The molecule has 0 fully saturated rings. The van der Waals surface area contributed by atoms with E-state index in [9.17, 15) is 4.79 Å². The average Bonchev–Trinajstić information content (AvgIpc) is 2.62. The number of rotatable bonds is 5. The van der Waals surface area contributed by atoms with E-state index in [1.165, 1.54) is 0 Å². The lowest BCUT2D eigenvalue weighted by Crippen LogP contribution is -3.12. The van der Waals surface area contributed by atoms with Gasteiger partial charge in [0.05, 0.1) is 7.05 Å². The van der Waals surface area contributed by atoms with Crippen LogP contribution in [-0.4, -0.2) is 32.2 Å². The number of ether oxygens (including phenoxy) is 2. The Morgan fingerprint density at radius 2 is 1.84 bits per heavy atom. The maximum absolute atomic E-state index is 12.5. The SMILES string of the molecule is C[C@@H](C(=O)Nc1ccc(Br)cc1)[NH+](C)Cc1ccc2c(c1)OCCO2. The van der Waals surface area contributed by atoms with Crippen LogP contribution in [0, 0.1) is 0 Å². The highest BCUT2D eigenvalue weighted by Gasteiger charge is 2.23. The third kappa shape index (κ3) is 4.52. The Kier molecular flexibility index (Phi) is 5.60. The molecule has 2 atom stereocenters. The molecule has 0 bridgehead atoms. The molecule has 0 saturated heterocycles. The van der Waals surface area contributed by atoms with Crippen molar-refractivity contribution in [1.82, 2.24) is 0 Å². The maximum Gasteiger partial charge on any atom is 0.282 e. The summed E-state index contributed by atoms with van der Waals surface area (Å²) in [6.07, 6.45) is 0. The highest BCUT2D eigenvalue weighted by Crippen LogP contribution is 2.30. The molecule has 2 aromatic rings. The number of halogens is 1. The molecule has 0 radical (unpaired) electrons. The lowest BCUT2D eigenvalue weighted by atomic mass is 10.1. The van der Waals surface area contributed by atoms with Gasteiger partial charge in [-0.05, 0) is 49.4 Å². The summed E-state index contributed by atoms with van der Waals surface area (Å²) in [5, 5.41) is 2.96. The summed E-state index contributed by atoms with van der Waals surface area (Å²) in [5.41, 5.74) is 1.91. The van der Waals surface area contributed by atoms with Crippen molar-refractivity contribution < 1.29 is 19.2 Å². The van der Waals surface area contributed by atoms with Crippen LogP contribution in [0.2, 0.25) is 0 Å². The molecule has 25 heavy (non-hydrogen) atoms. The zero-order valence-electron chi connectivity index (χ0n) is 14.3. The van der Waals surface area contributed by atoms with Gasteiger partial charge >= 0.3 is 0 Å². The number of benzene rings is 2. The fourth-order valence-electron chi connectivity index (χ4n) is 2.68. The van der Waals surface area contributed by atoms with E-state index in [0.717, 1.165) is 38.7 Å². The number of anilines is 1. The molecule has 0 spiro atoms. The first-order chi connectivity index (χ1) is 12.0. The van der Waals surface area contributed by atoms with Gasteiger partial charge in [0, 0.05) is 15.7 Å².